The smallest absolute Gasteiger partial charge is 0.254 e. The van der Waals surface area contributed by atoms with Crippen LogP contribution in [-0.4, -0.2) is 34.8 Å². The summed E-state index contributed by atoms with van der Waals surface area (Å²) in [6.07, 6.45) is 2.52. The summed E-state index contributed by atoms with van der Waals surface area (Å²) in [5.74, 6) is -0.534. The van der Waals surface area contributed by atoms with Crippen LogP contribution in [0.1, 0.15) is 22.3 Å². The third-order valence-corrected chi connectivity index (χ3v) is 4.44. The number of carbonyl (C=O) groups is 2. The molecule has 0 spiro atoms. The van der Waals surface area contributed by atoms with Crippen molar-refractivity contribution in [2.45, 2.75) is 18.9 Å². The van der Waals surface area contributed by atoms with Gasteiger partial charge in [0.05, 0.1) is 0 Å². The molecule has 1 heterocycles. The summed E-state index contributed by atoms with van der Waals surface area (Å²) >= 11 is 0. The summed E-state index contributed by atoms with van der Waals surface area (Å²) < 4.78 is 0. The first-order valence-corrected chi connectivity index (χ1v) is 8.21. The second-order valence-corrected chi connectivity index (χ2v) is 6.17. The van der Waals surface area contributed by atoms with Gasteiger partial charge in [0.25, 0.3) is 5.91 Å². The van der Waals surface area contributed by atoms with E-state index in [0.717, 1.165) is 16.5 Å². The van der Waals surface area contributed by atoms with Gasteiger partial charge in [0.15, 0.2) is 0 Å². The third-order valence-electron chi connectivity index (χ3n) is 4.44. The molecule has 5 heteroatoms. The number of hydrogen-bond donors (Lipinski definition) is 2. The van der Waals surface area contributed by atoms with Gasteiger partial charge in [-0.2, -0.15) is 0 Å². The Morgan fingerprint density at radius 3 is 2.56 bits per heavy atom. The molecule has 1 aromatic heterocycles. The van der Waals surface area contributed by atoms with Crippen molar-refractivity contribution < 1.29 is 9.59 Å². The highest BCUT2D eigenvalue weighted by Gasteiger charge is 2.24. The Balaban J connectivity index is 1.88. The molecule has 3 rings (SSSR count). The monoisotopic (exact) mass is 335 g/mol. The molecule has 3 N–H and O–H groups in total. The zero-order chi connectivity index (χ0) is 17.8. The highest BCUT2D eigenvalue weighted by molar-refractivity contribution is 6.06. The van der Waals surface area contributed by atoms with Crippen molar-refractivity contribution in [3.05, 3.63) is 71.9 Å². The summed E-state index contributed by atoms with van der Waals surface area (Å²) in [5.41, 5.74) is 8.00. The number of nitrogens with zero attached hydrogens (tertiary/aromatic N) is 1. The van der Waals surface area contributed by atoms with Gasteiger partial charge in [-0.15, -0.1) is 0 Å². The van der Waals surface area contributed by atoms with E-state index in [0.29, 0.717) is 12.0 Å². The predicted octanol–water partition coefficient (Wildman–Crippen LogP) is 2.73. The number of hydrogen-bond acceptors (Lipinski definition) is 2. The van der Waals surface area contributed by atoms with Gasteiger partial charge in [-0.1, -0.05) is 36.4 Å². The first-order valence-electron chi connectivity index (χ1n) is 8.21. The average Bonchev–Trinajstić information content (AvgIpc) is 3.09. The fraction of sp³-hybridized carbons (Fsp3) is 0.200. The van der Waals surface area contributed by atoms with Crippen LogP contribution in [0, 0.1) is 0 Å². The van der Waals surface area contributed by atoms with E-state index in [-0.39, 0.29) is 18.4 Å². The predicted molar refractivity (Wildman–Crippen MR) is 98.1 cm³/mol. The Labute approximate surface area is 146 Å². The summed E-state index contributed by atoms with van der Waals surface area (Å²) in [4.78, 5) is 29.3. The number of aromatic nitrogens is 1. The zero-order valence-corrected chi connectivity index (χ0v) is 14.1. The lowest BCUT2D eigenvalue weighted by Crippen LogP contribution is -2.41. The van der Waals surface area contributed by atoms with Crippen LogP contribution in [0.15, 0.2) is 60.8 Å². The topological polar surface area (TPSA) is 79.2 Å². The fourth-order valence-corrected chi connectivity index (χ4v) is 3.09. The van der Waals surface area contributed by atoms with Crippen LogP contribution in [0.3, 0.4) is 0 Å². The summed E-state index contributed by atoms with van der Waals surface area (Å²) in [6.45, 7) is 0. The van der Waals surface area contributed by atoms with Crippen molar-refractivity contribution in [2.75, 3.05) is 7.05 Å². The molecule has 0 unspecified atom stereocenters. The number of benzene rings is 2. The number of aromatic amines is 1. The zero-order valence-electron chi connectivity index (χ0n) is 14.1. The summed E-state index contributed by atoms with van der Waals surface area (Å²) in [6, 6.07) is 17.0. The van der Waals surface area contributed by atoms with Crippen LogP contribution in [0.4, 0.5) is 0 Å². The lowest BCUT2D eigenvalue weighted by Gasteiger charge is -2.28. The van der Waals surface area contributed by atoms with Gasteiger partial charge in [-0.05, 0) is 30.2 Å². The van der Waals surface area contributed by atoms with Gasteiger partial charge in [-0.25, -0.2) is 0 Å². The number of primary amides is 1. The molecule has 3 aromatic rings. The highest BCUT2D eigenvalue weighted by Crippen LogP contribution is 2.21. The maximum atomic E-state index is 13.0. The van der Waals surface area contributed by atoms with Crippen LogP contribution in [0.25, 0.3) is 10.9 Å². The fourth-order valence-electron chi connectivity index (χ4n) is 3.09. The van der Waals surface area contributed by atoms with Crippen molar-refractivity contribution in [2.24, 2.45) is 5.73 Å². The Morgan fingerprint density at radius 2 is 1.84 bits per heavy atom. The molecular formula is C20H21N3O2. The van der Waals surface area contributed by atoms with Crippen molar-refractivity contribution in [1.29, 1.82) is 0 Å². The van der Waals surface area contributed by atoms with Gasteiger partial charge in [0.1, 0.15) is 0 Å². The van der Waals surface area contributed by atoms with E-state index in [1.54, 1.807) is 18.0 Å². The van der Waals surface area contributed by atoms with E-state index in [1.807, 2.05) is 54.7 Å². The van der Waals surface area contributed by atoms with E-state index < -0.39 is 5.91 Å². The summed E-state index contributed by atoms with van der Waals surface area (Å²) in [5, 5.41) is 0.872. The Morgan fingerprint density at radius 1 is 1.08 bits per heavy atom. The molecule has 25 heavy (non-hydrogen) atoms. The normalized spacial score (nSPS) is 12.0. The van der Waals surface area contributed by atoms with E-state index in [9.17, 15) is 9.59 Å². The number of likely N-dealkylation sites (N-methyl/N-ethyl adjacent to an activating group) is 1. The molecule has 0 saturated carbocycles. The number of rotatable bonds is 6. The Kier molecular flexibility index (Phi) is 4.84. The standard InChI is InChI=1S/C20H21N3O2/c1-23(15(13-19(21)24)12-14-6-3-2-4-7-14)20(25)17-8-5-9-18-16(17)10-11-22-18/h2-11,15,22H,12-13H2,1H3,(H2,21,24)/t15-/m0/s1. The molecule has 1 atom stereocenters. The second-order valence-electron chi connectivity index (χ2n) is 6.17. The van der Waals surface area contributed by atoms with Gasteiger partial charge in [0, 0.05) is 42.2 Å². The SMILES string of the molecule is CN(C(=O)c1cccc2[nH]ccc12)[C@H](CC(N)=O)Cc1ccccc1. The Bertz CT molecular complexity index is 886. The number of nitrogens with one attached hydrogen (secondary N) is 1. The van der Waals surface area contributed by atoms with Gasteiger partial charge in [0.2, 0.25) is 5.91 Å². The first kappa shape index (κ1) is 16.8. The van der Waals surface area contributed by atoms with Gasteiger partial charge < -0.3 is 15.6 Å². The number of carbonyl (C=O) groups excluding carboxylic acids is 2. The average molecular weight is 335 g/mol. The number of fused-ring (bicyclic) bond motifs is 1. The van der Waals surface area contributed by atoms with Crippen LogP contribution in [-0.2, 0) is 11.2 Å². The van der Waals surface area contributed by atoms with Crippen molar-refractivity contribution >= 4 is 22.7 Å². The van der Waals surface area contributed by atoms with Gasteiger partial charge in [-0.3, -0.25) is 9.59 Å². The minimum absolute atomic E-state index is 0.118. The molecule has 2 amide bonds. The quantitative estimate of drug-likeness (QED) is 0.726. The lowest BCUT2D eigenvalue weighted by atomic mass is 10.0. The van der Waals surface area contributed by atoms with E-state index in [1.165, 1.54) is 0 Å². The summed E-state index contributed by atoms with van der Waals surface area (Å²) in [7, 11) is 1.73. The number of H-pyrrole nitrogens is 1. The molecule has 0 saturated heterocycles. The molecule has 0 radical (unpaired) electrons. The molecule has 128 valence electrons. The lowest BCUT2D eigenvalue weighted by molar-refractivity contribution is -0.118. The molecule has 0 aliphatic heterocycles. The minimum Gasteiger partial charge on any atom is -0.370 e. The maximum absolute atomic E-state index is 13.0. The maximum Gasteiger partial charge on any atom is 0.254 e. The molecule has 0 fully saturated rings. The molecular weight excluding hydrogens is 314 g/mol. The largest absolute Gasteiger partial charge is 0.370 e. The molecule has 0 bridgehead atoms. The highest BCUT2D eigenvalue weighted by atomic mass is 16.2. The van der Waals surface area contributed by atoms with Crippen LogP contribution in [0.5, 0.6) is 0 Å². The Hall–Kier alpha value is -3.08. The van der Waals surface area contributed by atoms with E-state index >= 15 is 0 Å². The minimum atomic E-state index is -0.416. The molecule has 0 aliphatic rings. The van der Waals surface area contributed by atoms with Crippen LogP contribution >= 0.6 is 0 Å². The van der Waals surface area contributed by atoms with Crippen molar-refractivity contribution in [3.63, 3.8) is 0 Å². The number of amides is 2. The van der Waals surface area contributed by atoms with Crippen molar-refractivity contribution in [3.8, 4) is 0 Å². The van der Waals surface area contributed by atoms with E-state index in [2.05, 4.69) is 4.98 Å². The van der Waals surface area contributed by atoms with Crippen LogP contribution < -0.4 is 5.73 Å². The van der Waals surface area contributed by atoms with Crippen LogP contribution in [0.2, 0.25) is 0 Å². The molecule has 2 aromatic carbocycles. The third kappa shape index (κ3) is 3.71. The number of nitrogens with two attached hydrogens (primary N) is 1. The molecule has 0 aliphatic carbocycles. The van der Waals surface area contributed by atoms with E-state index in [4.69, 9.17) is 5.73 Å². The van der Waals surface area contributed by atoms with Crippen molar-refractivity contribution in [1.82, 2.24) is 9.88 Å². The molecule has 5 nitrogen and oxygen atoms in total. The first-order chi connectivity index (χ1) is 12.1. The van der Waals surface area contributed by atoms with Gasteiger partial charge >= 0.3 is 0 Å². The second kappa shape index (κ2) is 7.21.